The number of carbonyl (C=O) groups excluding carboxylic acids is 1. The average molecular weight is 324 g/mol. The summed E-state index contributed by atoms with van der Waals surface area (Å²) in [6.45, 7) is 7.53. The number of ether oxygens (including phenoxy) is 2. The van der Waals surface area contributed by atoms with E-state index in [2.05, 4.69) is 30.8 Å². The van der Waals surface area contributed by atoms with Gasteiger partial charge in [0.2, 0.25) is 0 Å². The highest BCUT2D eigenvalue weighted by atomic mass is 16.6. The van der Waals surface area contributed by atoms with Gasteiger partial charge in [-0.25, -0.2) is 4.79 Å². The summed E-state index contributed by atoms with van der Waals surface area (Å²) in [5.41, 5.74) is 2.91. The van der Waals surface area contributed by atoms with E-state index in [4.69, 9.17) is 9.47 Å². The first-order valence-corrected chi connectivity index (χ1v) is 8.20. The highest BCUT2D eigenvalue weighted by Crippen LogP contribution is 2.16. The summed E-state index contributed by atoms with van der Waals surface area (Å²) in [5, 5.41) is 0. The molecule has 3 nitrogen and oxygen atoms in total. The highest BCUT2D eigenvalue weighted by Gasteiger charge is 2.13. The second-order valence-corrected chi connectivity index (χ2v) is 5.83. The van der Waals surface area contributed by atoms with Crippen LogP contribution in [0.1, 0.15) is 31.4 Å². The molecule has 0 N–H and O–H groups in total. The number of hydrogen-bond acceptors (Lipinski definition) is 3. The molecule has 2 rings (SSSR count). The molecule has 2 aromatic rings. The lowest BCUT2D eigenvalue weighted by Gasteiger charge is -2.17. The lowest BCUT2D eigenvalue weighted by molar-refractivity contribution is -0.145. The fraction of sp³-hybridized carbons (Fsp3) is 0.286. The third-order valence-electron chi connectivity index (χ3n) is 3.69. The molecule has 0 aliphatic heterocycles. The van der Waals surface area contributed by atoms with Crippen molar-refractivity contribution in [3.8, 4) is 5.75 Å². The topological polar surface area (TPSA) is 35.5 Å². The lowest BCUT2D eigenvalue weighted by Crippen LogP contribution is -2.24. The van der Waals surface area contributed by atoms with Crippen molar-refractivity contribution in [3.63, 3.8) is 0 Å². The maximum Gasteiger partial charge on any atom is 0.333 e. The molecule has 0 saturated carbocycles. The van der Waals surface area contributed by atoms with Crippen molar-refractivity contribution in [2.75, 3.05) is 6.61 Å². The molecule has 24 heavy (non-hydrogen) atoms. The Hall–Kier alpha value is -2.55. The van der Waals surface area contributed by atoms with Crippen LogP contribution in [0.25, 0.3) is 0 Å². The molecule has 0 radical (unpaired) electrons. The average Bonchev–Trinajstić information content (AvgIpc) is 2.60. The van der Waals surface area contributed by atoms with Gasteiger partial charge in [0, 0.05) is 5.57 Å². The van der Waals surface area contributed by atoms with Gasteiger partial charge >= 0.3 is 5.97 Å². The van der Waals surface area contributed by atoms with Gasteiger partial charge in [0.05, 0.1) is 0 Å². The number of esters is 1. The zero-order chi connectivity index (χ0) is 17.4. The van der Waals surface area contributed by atoms with Gasteiger partial charge in [-0.1, -0.05) is 56.0 Å². The van der Waals surface area contributed by atoms with Crippen LogP contribution >= 0.6 is 0 Å². The van der Waals surface area contributed by atoms with Gasteiger partial charge in [-0.05, 0) is 43.0 Å². The fourth-order valence-electron chi connectivity index (χ4n) is 2.21. The molecule has 0 aliphatic rings. The molecule has 0 aromatic heterocycles. The van der Waals surface area contributed by atoms with Crippen molar-refractivity contribution < 1.29 is 14.3 Å². The Kier molecular flexibility index (Phi) is 6.62. The van der Waals surface area contributed by atoms with Crippen molar-refractivity contribution in [1.29, 1.82) is 0 Å². The minimum absolute atomic E-state index is 0.266. The minimum atomic E-state index is -0.372. The summed E-state index contributed by atoms with van der Waals surface area (Å²) >= 11 is 0. The molecule has 0 amide bonds. The summed E-state index contributed by atoms with van der Waals surface area (Å²) in [4.78, 5) is 11.6. The van der Waals surface area contributed by atoms with Crippen LogP contribution in [0.4, 0.5) is 0 Å². The molecule has 0 fully saturated rings. The normalized spacial score (nSPS) is 11.6. The molecule has 3 heteroatoms. The highest BCUT2D eigenvalue weighted by molar-refractivity contribution is 5.87. The van der Waals surface area contributed by atoms with Crippen LogP contribution in [-0.2, 0) is 16.0 Å². The number of hydrogen-bond donors (Lipinski definition) is 0. The van der Waals surface area contributed by atoms with Crippen LogP contribution in [0.15, 0.2) is 66.7 Å². The standard InChI is InChI=1S/C21H24O3/c1-4-19(24-21(22)16(2)3)15-23-20-12-10-18(11-13-20)14-17-8-6-5-7-9-17/h5-13,19H,2,4,14-15H2,1,3H3. The van der Waals surface area contributed by atoms with Gasteiger partial charge in [-0.3, -0.25) is 0 Å². The molecule has 0 spiro atoms. The van der Waals surface area contributed by atoms with Crippen LogP contribution in [0.2, 0.25) is 0 Å². The van der Waals surface area contributed by atoms with E-state index < -0.39 is 0 Å². The van der Waals surface area contributed by atoms with E-state index in [1.165, 1.54) is 11.1 Å². The summed E-state index contributed by atoms with van der Waals surface area (Å²) in [7, 11) is 0. The van der Waals surface area contributed by atoms with Crippen LogP contribution < -0.4 is 4.74 Å². The SMILES string of the molecule is C=C(C)C(=O)OC(CC)COc1ccc(Cc2ccccc2)cc1. The molecule has 0 heterocycles. The van der Waals surface area contributed by atoms with Gasteiger partial charge in [0.25, 0.3) is 0 Å². The summed E-state index contributed by atoms with van der Waals surface area (Å²) in [6.07, 6.45) is 1.33. The van der Waals surface area contributed by atoms with Gasteiger partial charge in [-0.15, -0.1) is 0 Å². The predicted octanol–water partition coefficient (Wildman–Crippen LogP) is 4.55. The largest absolute Gasteiger partial charge is 0.490 e. The van der Waals surface area contributed by atoms with Crippen molar-refractivity contribution in [3.05, 3.63) is 77.9 Å². The Morgan fingerprint density at radius 3 is 2.25 bits per heavy atom. The van der Waals surface area contributed by atoms with Crippen molar-refractivity contribution in [1.82, 2.24) is 0 Å². The summed E-state index contributed by atoms with van der Waals surface area (Å²) in [5.74, 6) is 0.403. The van der Waals surface area contributed by atoms with Gasteiger partial charge in [0.15, 0.2) is 0 Å². The molecule has 0 saturated heterocycles. The number of rotatable bonds is 8. The van der Waals surface area contributed by atoms with Crippen LogP contribution in [-0.4, -0.2) is 18.7 Å². The Morgan fingerprint density at radius 2 is 1.67 bits per heavy atom. The van der Waals surface area contributed by atoms with Gasteiger partial charge in [-0.2, -0.15) is 0 Å². The molecular weight excluding hydrogens is 300 g/mol. The molecule has 2 aromatic carbocycles. The van der Waals surface area contributed by atoms with E-state index in [1.54, 1.807) is 6.92 Å². The zero-order valence-corrected chi connectivity index (χ0v) is 14.3. The van der Waals surface area contributed by atoms with E-state index in [0.29, 0.717) is 18.6 Å². The van der Waals surface area contributed by atoms with E-state index >= 15 is 0 Å². The number of carbonyl (C=O) groups is 1. The van der Waals surface area contributed by atoms with Crippen LogP contribution in [0.3, 0.4) is 0 Å². The first kappa shape index (κ1) is 17.8. The van der Waals surface area contributed by atoms with Gasteiger partial charge < -0.3 is 9.47 Å². The molecule has 0 bridgehead atoms. The van der Waals surface area contributed by atoms with E-state index in [-0.39, 0.29) is 12.1 Å². The molecule has 126 valence electrons. The smallest absolute Gasteiger partial charge is 0.333 e. The first-order chi connectivity index (χ1) is 11.6. The predicted molar refractivity (Wildman–Crippen MR) is 96.2 cm³/mol. The maximum absolute atomic E-state index is 11.6. The number of benzene rings is 2. The Bertz CT molecular complexity index is 659. The summed E-state index contributed by atoms with van der Waals surface area (Å²) in [6, 6.07) is 18.4. The quantitative estimate of drug-likeness (QED) is 0.528. The minimum Gasteiger partial charge on any atom is -0.490 e. The second kappa shape index (κ2) is 8.92. The Balaban J connectivity index is 1.86. The molecular formula is C21H24O3. The third-order valence-corrected chi connectivity index (χ3v) is 3.69. The zero-order valence-electron chi connectivity index (χ0n) is 14.3. The molecule has 1 unspecified atom stereocenters. The van der Waals surface area contributed by atoms with Crippen LogP contribution in [0.5, 0.6) is 5.75 Å². The second-order valence-electron chi connectivity index (χ2n) is 5.83. The fourth-order valence-corrected chi connectivity index (χ4v) is 2.21. The Labute approximate surface area is 143 Å². The van der Waals surface area contributed by atoms with E-state index in [1.807, 2.05) is 37.3 Å². The molecule has 0 aliphatic carbocycles. The Morgan fingerprint density at radius 1 is 1.04 bits per heavy atom. The lowest BCUT2D eigenvalue weighted by atomic mass is 10.1. The van der Waals surface area contributed by atoms with E-state index in [9.17, 15) is 4.79 Å². The molecule has 1 atom stereocenters. The van der Waals surface area contributed by atoms with Crippen molar-refractivity contribution in [2.24, 2.45) is 0 Å². The van der Waals surface area contributed by atoms with Crippen molar-refractivity contribution in [2.45, 2.75) is 32.8 Å². The van der Waals surface area contributed by atoms with E-state index in [0.717, 1.165) is 12.2 Å². The van der Waals surface area contributed by atoms with Crippen LogP contribution in [0, 0.1) is 0 Å². The summed E-state index contributed by atoms with van der Waals surface area (Å²) < 4.78 is 11.1. The van der Waals surface area contributed by atoms with Gasteiger partial charge in [0.1, 0.15) is 18.5 Å². The van der Waals surface area contributed by atoms with Crippen molar-refractivity contribution >= 4 is 5.97 Å². The maximum atomic E-state index is 11.6. The monoisotopic (exact) mass is 324 g/mol. The first-order valence-electron chi connectivity index (χ1n) is 8.20. The third kappa shape index (κ3) is 5.58.